The number of fused-ring (bicyclic) bond motifs is 1. The van der Waals surface area contributed by atoms with Crippen LogP contribution < -0.4 is 0 Å². The highest BCUT2D eigenvalue weighted by Gasteiger charge is 2.57. The quantitative estimate of drug-likeness (QED) is 0.895. The molecule has 2 fully saturated rings. The van der Waals surface area contributed by atoms with Crippen molar-refractivity contribution in [1.29, 1.82) is 0 Å². The second-order valence-corrected chi connectivity index (χ2v) is 8.68. The predicted molar refractivity (Wildman–Crippen MR) is 101 cm³/mol. The Labute approximate surface area is 156 Å². The molecule has 0 bridgehead atoms. The van der Waals surface area contributed by atoms with E-state index in [1.54, 1.807) is 11.1 Å². The third-order valence-electron chi connectivity index (χ3n) is 7.06. The highest BCUT2D eigenvalue weighted by atomic mass is 16.3. The first-order valence-corrected chi connectivity index (χ1v) is 9.64. The molecular weight excluding hydrogens is 328 g/mol. The minimum atomic E-state index is -0.663. The van der Waals surface area contributed by atoms with Crippen LogP contribution in [-0.2, 0) is 0 Å². The summed E-state index contributed by atoms with van der Waals surface area (Å²) >= 11 is 0. The summed E-state index contributed by atoms with van der Waals surface area (Å²) in [6.07, 6.45) is 8.18. The van der Waals surface area contributed by atoms with Gasteiger partial charge in [0.25, 0.3) is 5.91 Å². The lowest BCUT2D eigenvalue weighted by Gasteiger charge is -2.43. The molecule has 1 aromatic rings. The number of nitrogens with zero attached hydrogens (tertiary/aromatic N) is 4. The summed E-state index contributed by atoms with van der Waals surface area (Å²) in [7, 11) is 3.99. The molecule has 1 saturated heterocycles. The fourth-order valence-corrected chi connectivity index (χ4v) is 5.07. The van der Waals surface area contributed by atoms with Crippen molar-refractivity contribution in [1.82, 2.24) is 19.8 Å². The van der Waals surface area contributed by atoms with Gasteiger partial charge in [-0.2, -0.15) is 0 Å². The van der Waals surface area contributed by atoms with Crippen LogP contribution in [0.5, 0.6) is 0 Å². The number of rotatable bonds is 3. The standard InChI is InChI=1S/C20H32N4O2/c1-14-16(11-21-13-22-14)18(25)23(4)12-15-10-19(2)17(24(15)5)8-6-7-9-20(19,3)26/h11,13,15,17,26H,6-10,12H2,1-5H3/t15-,17-,19-,20+/m1/s1. The van der Waals surface area contributed by atoms with Crippen LogP contribution in [0.4, 0.5) is 0 Å². The lowest BCUT2D eigenvalue weighted by Crippen LogP contribution is -2.50. The van der Waals surface area contributed by atoms with E-state index in [1.807, 2.05) is 20.9 Å². The molecule has 2 aliphatic rings. The van der Waals surface area contributed by atoms with Crippen molar-refractivity contribution in [2.24, 2.45) is 5.41 Å². The normalized spacial score (nSPS) is 35.0. The van der Waals surface area contributed by atoms with Crippen molar-refractivity contribution in [3.05, 3.63) is 23.8 Å². The maximum absolute atomic E-state index is 12.8. The SMILES string of the molecule is Cc1ncncc1C(=O)N(C)C[C@H]1C[C@]2(C)[C@@H](CCCC[C@]2(C)O)N1C. The second-order valence-electron chi connectivity index (χ2n) is 8.68. The smallest absolute Gasteiger partial charge is 0.257 e. The predicted octanol–water partition coefficient (Wildman–Crippen LogP) is 2.26. The molecule has 0 aromatic carbocycles. The third-order valence-corrected chi connectivity index (χ3v) is 7.06. The van der Waals surface area contributed by atoms with E-state index in [1.165, 1.54) is 6.33 Å². The number of aromatic nitrogens is 2. The second kappa shape index (κ2) is 6.89. The molecule has 1 amide bonds. The van der Waals surface area contributed by atoms with Gasteiger partial charge in [0.05, 0.1) is 16.9 Å². The lowest BCUT2D eigenvalue weighted by atomic mass is 9.67. The number of carbonyl (C=O) groups is 1. The van der Waals surface area contributed by atoms with Crippen LogP contribution in [0.15, 0.2) is 12.5 Å². The number of amides is 1. The molecule has 1 aromatic heterocycles. The molecule has 1 aliphatic carbocycles. The fourth-order valence-electron chi connectivity index (χ4n) is 5.07. The van der Waals surface area contributed by atoms with Crippen molar-refractivity contribution in [3.8, 4) is 0 Å². The van der Waals surface area contributed by atoms with Gasteiger partial charge in [0, 0.05) is 37.3 Å². The maximum Gasteiger partial charge on any atom is 0.257 e. The highest BCUT2D eigenvalue weighted by molar-refractivity contribution is 5.94. The number of hydrogen-bond acceptors (Lipinski definition) is 5. The first-order valence-electron chi connectivity index (χ1n) is 9.64. The number of hydrogen-bond donors (Lipinski definition) is 1. The van der Waals surface area contributed by atoms with Gasteiger partial charge in [-0.25, -0.2) is 9.97 Å². The van der Waals surface area contributed by atoms with Crippen molar-refractivity contribution in [2.75, 3.05) is 20.6 Å². The van der Waals surface area contributed by atoms with Gasteiger partial charge in [0.2, 0.25) is 0 Å². The Hall–Kier alpha value is -1.53. The monoisotopic (exact) mass is 360 g/mol. The van der Waals surface area contributed by atoms with Crippen LogP contribution in [0.2, 0.25) is 0 Å². The van der Waals surface area contributed by atoms with Gasteiger partial charge in [-0.1, -0.05) is 19.8 Å². The van der Waals surface area contributed by atoms with Gasteiger partial charge in [0.1, 0.15) is 6.33 Å². The Morgan fingerprint density at radius 3 is 2.85 bits per heavy atom. The van der Waals surface area contributed by atoms with Gasteiger partial charge in [0.15, 0.2) is 0 Å². The van der Waals surface area contributed by atoms with Gasteiger partial charge >= 0.3 is 0 Å². The average Bonchev–Trinajstić information content (AvgIpc) is 2.76. The van der Waals surface area contributed by atoms with E-state index in [4.69, 9.17) is 0 Å². The van der Waals surface area contributed by atoms with Crippen molar-refractivity contribution in [2.45, 2.75) is 70.6 Å². The van der Waals surface area contributed by atoms with E-state index in [-0.39, 0.29) is 17.4 Å². The molecule has 1 aliphatic heterocycles. The summed E-state index contributed by atoms with van der Waals surface area (Å²) in [5.74, 6) is -0.0412. The van der Waals surface area contributed by atoms with Crippen molar-refractivity contribution in [3.63, 3.8) is 0 Å². The fraction of sp³-hybridized carbons (Fsp3) is 0.750. The molecule has 1 saturated carbocycles. The first-order chi connectivity index (χ1) is 12.2. The minimum Gasteiger partial charge on any atom is -0.390 e. The summed E-state index contributed by atoms with van der Waals surface area (Å²) in [6, 6.07) is 0.601. The molecule has 2 heterocycles. The van der Waals surface area contributed by atoms with Crippen LogP contribution in [-0.4, -0.2) is 69.1 Å². The Bertz CT molecular complexity index is 678. The summed E-state index contributed by atoms with van der Waals surface area (Å²) in [5, 5.41) is 11.2. The lowest BCUT2D eigenvalue weighted by molar-refractivity contribution is -0.0754. The Morgan fingerprint density at radius 2 is 2.15 bits per heavy atom. The van der Waals surface area contributed by atoms with E-state index in [0.29, 0.717) is 23.8 Å². The van der Waals surface area contributed by atoms with Crippen LogP contribution in [0.1, 0.15) is 62.0 Å². The number of likely N-dealkylation sites (tertiary alicyclic amines) is 1. The molecule has 26 heavy (non-hydrogen) atoms. The van der Waals surface area contributed by atoms with E-state index in [2.05, 4.69) is 28.8 Å². The van der Waals surface area contributed by atoms with Crippen LogP contribution in [0.25, 0.3) is 0 Å². The van der Waals surface area contributed by atoms with E-state index < -0.39 is 5.60 Å². The van der Waals surface area contributed by atoms with E-state index >= 15 is 0 Å². The Kier molecular flexibility index (Phi) is 5.10. The van der Waals surface area contributed by atoms with Crippen molar-refractivity contribution >= 4 is 5.91 Å². The molecule has 0 spiro atoms. The molecule has 6 nitrogen and oxygen atoms in total. The van der Waals surface area contributed by atoms with Gasteiger partial charge < -0.3 is 10.0 Å². The minimum absolute atomic E-state index is 0.0412. The van der Waals surface area contributed by atoms with Gasteiger partial charge in [-0.3, -0.25) is 9.69 Å². The summed E-state index contributed by atoms with van der Waals surface area (Å²) in [5.41, 5.74) is 0.460. The zero-order valence-electron chi connectivity index (χ0n) is 16.7. The molecule has 6 heteroatoms. The zero-order valence-corrected chi connectivity index (χ0v) is 16.7. The van der Waals surface area contributed by atoms with Gasteiger partial charge in [-0.05, 0) is 40.2 Å². The Balaban J connectivity index is 1.77. The average molecular weight is 361 g/mol. The van der Waals surface area contributed by atoms with Crippen LogP contribution in [0.3, 0.4) is 0 Å². The van der Waals surface area contributed by atoms with Crippen LogP contribution in [0, 0.1) is 12.3 Å². The molecule has 144 valence electrons. The molecule has 0 unspecified atom stereocenters. The summed E-state index contributed by atoms with van der Waals surface area (Å²) in [6.45, 7) is 6.71. The number of aryl methyl sites for hydroxylation is 1. The Morgan fingerprint density at radius 1 is 1.42 bits per heavy atom. The third kappa shape index (κ3) is 3.14. The zero-order chi connectivity index (χ0) is 19.1. The van der Waals surface area contributed by atoms with Gasteiger partial charge in [-0.15, -0.1) is 0 Å². The number of aliphatic hydroxyl groups is 1. The summed E-state index contributed by atoms with van der Waals surface area (Å²) in [4.78, 5) is 25.1. The molecule has 0 radical (unpaired) electrons. The number of likely N-dealkylation sites (N-methyl/N-ethyl adjacent to an activating group) is 2. The maximum atomic E-state index is 12.8. The van der Waals surface area contributed by atoms with Crippen LogP contribution >= 0.6 is 0 Å². The molecule has 1 N–H and O–H groups in total. The van der Waals surface area contributed by atoms with E-state index in [0.717, 1.165) is 32.1 Å². The van der Waals surface area contributed by atoms with Crippen molar-refractivity contribution < 1.29 is 9.90 Å². The molecule has 3 rings (SSSR count). The summed E-state index contributed by atoms with van der Waals surface area (Å²) < 4.78 is 0. The molecular formula is C20H32N4O2. The topological polar surface area (TPSA) is 69.6 Å². The van der Waals surface area contributed by atoms with E-state index in [9.17, 15) is 9.90 Å². The largest absolute Gasteiger partial charge is 0.390 e. The number of carbonyl (C=O) groups excluding carboxylic acids is 1. The molecule has 4 atom stereocenters. The highest BCUT2D eigenvalue weighted by Crippen LogP contribution is 2.52. The first kappa shape index (κ1) is 19.2.